The number of hydrogen-bond donors (Lipinski definition) is 1. The number of aliphatic hydroxyl groups is 1. The van der Waals surface area contributed by atoms with Crippen molar-refractivity contribution in [1.82, 2.24) is 0 Å². The summed E-state index contributed by atoms with van der Waals surface area (Å²) in [5, 5.41) is 10.3. The van der Waals surface area contributed by atoms with E-state index < -0.39 is 13.0 Å². The van der Waals surface area contributed by atoms with Gasteiger partial charge in [-0.25, -0.2) is 0 Å². The molecule has 1 saturated carbocycles. The van der Waals surface area contributed by atoms with Gasteiger partial charge in [0.1, 0.15) is 5.78 Å². The molecule has 1 fully saturated rings. The van der Waals surface area contributed by atoms with E-state index in [0.717, 1.165) is 12.5 Å². The van der Waals surface area contributed by atoms with E-state index in [1.807, 2.05) is 19.9 Å². The molecule has 1 rings (SSSR count). The minimum atomic E-state index is -2.05. The van der Waals surface area contributed by atoms with Crippen molar-refractivity contribution in [3.63, 3.8) is 0 Å². The van der Waals surface area contributed by atoms with Crippen LogP contribution in [0.15, 0.2) is 24.3 Å². The SMILES string of the molecule is [2H]C([2H])([2H])/C=C/C=C/C[C@@H](C)[C@@H](O)[C@H]1C(=O)CCC1C. The van der Waals surface area contributed by atoms with Crippen molar-refractivity contribution in [2.45, 2.75) is 46.1 Å². The number of carbonyl (C=O) groups is 1. The molecule has 0 amide bonds. The molecule has 0 bridgehead atoms. The summed E-state index contributed by atoms with van der Waals surface area (Å²) in [7, 11) is 0. The molecule has 2 nitrogen and oxygen atoms in total. The van der Waals surface area contributed by atoms with E-state index in [4.69, 9.17) is 4.11 Å². The maximum Gasteiger partial charge on any atom is 0.138 e. The number of rotatable bonds is 5. The number of aliphatic hydroxyl groups excluding tert-OH is 1. The van der Waals surface area contributed by atoms with Gasteiger partial charge in [-0.3, -0.25) is 4.79 Å². The van der Waals surface area contributed by atoms with Crippen LogP contribution in [0, 0.1) is 17.8 Å². The molecule has 1 unspecified atom stereocenters. The highest BCUT2D eigenvalue weighted by atomic mass is 16.3. The first-order valence-corrected chi connectivity index (χ1v) is 6.27. The van der Waals surface area contributed by atoms with E-state index in [-0.39, 0.29) is 23.5 Å². The third-order valence-electron chi connectivity index (χ3n) is 3.63. The molecule has 0 spiro atoms. The third kappa shape index (κ3) is 3.81. The molecule has 0 aliphatic heterocycles. The van der Waals surface area contributed by atoms with Crippen LogP contribution in [-0.4, -0.2) is 17.0 Å². The smallest absolute Gasteiger partial charge is 0.138 e. The average molecular weight is 239 g/mol. The largest absolute Gasteiger partial charge is 0.392 e. The van der Waals surface area contributed by atoms with Crippen molar-refractivity contribution < 1.29 is 14.0 Å². The first-order chi connectivity index (χ1) is 9.22. The lowest BCUT2D eigenvalue weighted by Crippen LogP contribution is -2.33. The van der Waals surface area contributed by atoms with Gasteiger partial charge in [0.05, 0.1) is 6.10 Å². The van der Waals surface area contributed by atoms with Gasteiger partial charge in [-0.1, -0.05) is 38.2 Å². The molecule has 0 aromatic heterocycles. The standard InChI is InChI=1S/C15H24O2/c1-4-5-6-7-8-12(3)15(17)14-11(2)9-10-13(14)16/h4-7,11-12,14-15,17H,8-10H2,1-3H3/b5-4+,7-6+/t11?,12-,14-,15-/m1/s1/i1D3. The topological polar surface area (TPSA) is 37.3 Å². The Kier molecular flexibility index (Phi) is 4.00. The van der Waals surface area contributed by atoms with E-state index in [2.05, 4.69) is 0 Å². The molecular weight excluding hydrogens is 212 g/mol. The van der Waals surface area contributed by atoms with Crippen LogP contribution in [-0.2, 0) is 4.79 Å². The molecule has 1 aliphatic rings. The molecule has 0 aromatic rings. The quantitative estimate of drug-likeness (QED) is 0.748. The summed E-state index contributed by atoms with van der Waals surface area (Å²) in [5.41, 5.74) is 0. The van der Waals surface area contributed by atoms with Crippen LogP contribution in [0.1, 0.15) is 44.1 Å². The molecule has 0 radical (unpaired) electrons. The minimum Gasteiger partial charge on any atom is -0.392 e. The minimum absolute atomic E-state index is 0.0121. The maximum absolute atomic E-state index is 11.8. The third-order valence-corrected chi connectivity index (χ3v) is 3.63. The van der Waals surface area contributed by atoms with Gasteiger partial charge in [-0.15, -0.1) is 0 Å². The van der Waals surface area contributed by atoms with Gasteiger partial charge in [-0.05, 0) is 31.5 Å². The average Bonchev–Trinajstić information content (AvgIpc) is 2.66. The molecule has 17 heavy (non-hydrogen) atoms. The highest BCUT2D eigenvalue weighted by molar-refractivity contribution is 5.83. The zero-order valence-electron chi connectivity index (χ0n) is 13.6. The number of ketones is 1. The second kappa shape index (κ2) is 6.75. The van der Waals surface area contributed by atoms with E-state index in [1.165, 1.54) is 6.08 Å². The fourth-order valence-electron chi connectivity index (χ4n) is 2.48. The maximum atomic E-state index is 11.8. The van der Waals surface area contributed by atoms with Crippen LogP contribution in [0.2, 0.25) is 0 Å². The lowest BCUT2D eigenvalue weighted by atomic mass is 9.83. The van der Waals surface area contributed by atoms with Crippen molar-refractivity contribution in [1.29, 1.82) is 0 Å². The van der Waals surface area contributed by atoms with Gasteiger partial charge < -0.3 is 5.11 Å². The molecule has 0 aromatic carbocycles. The monoisotopic (exact) mass is 239 g/mol. The predicted molar refractivity (Wildman–Crippen MR) is 70.6 cm³/mol. The van der Waals surface area contributed by atoms with Crippen molar-refractivity contribution in [2.75, 3.05) is 0 Å². The van der Waals surface area contributed by atoms with Crippen molar-refractivity contribution in [3.8, 4) is 0 Å². The molecule has 96 valence electrons. The highest BCUT2D eigenvalue weighted by Crippen LogP contribution is 2.34. The normalized spacial score (nSPS) is 32.6. The van der Waals surface area contributed by atoms with Crippen LogP contribution >= 0.6 is 0 Å². The zero-order chi connectivity index (χ0) is 15.3. The van der Waals surface area contributed by atoms with Gasteiger partial charge in [0.25, 0.3) is 0 Å². The first-order valence-electron chi connectivity index (χ1n) is 7.77. The van der Waals surface area contributed by atoms with Crippen molar-refractivity contribution in [2.24, 2.45) is 17.8 Å². The molecule has 4 atom stereocenters. The summed E-state index contributed by atoms with van der Waals surface area (Å²) in [6, 6.07) is 0. The van der Waals surface area contributed by atoms with Crippen LogP contribution in [0.4, 0.5) is 0 Å². The summed E-state index contributed by atoms with van der Waals surface area (Å²) in [4.78, 5) is 11.8. The Labute approximate surface area is 109 Å². The summed E-state index contributed by atoms with van der Waals surface area (Å²) >= 11 is 0. The Morgan fingerprint density at radius 2 is 2.35 bits per heavy atom. The van der Waals surface area contributed by atoms with Gasteiger partial charge in [0.2, 0.25) is 0 Å². The number of Topliss-reactive ketones (excluding diaryl/α,β-unsaturated/α-hetero) is 1. The Hall–Kier alpha value is -0.890. The zero-order valence-corrected chi connectivity index (χ0v) is 10.6. The lowest BCUT2D eigenvalue weighted by molar-refractivity contribution is -0.125. The van der Waals surface area contributed by atoms with Crippen LogP contribution in [0.5, 0.6) is 0 Å². The fourth-order valence-corrected chi connectivity index (χ4v) is 2.48. The first kappa shape index (κ1) is 10.1. The Morgan fingerprint density at radius 1 is 1.59 bits per heavy atom. The van der Waals surface area contributed by atoms with Crippen molar-refractivity contribution in [3.05, 3.63) is 24.3 Å². The summed E-state index contributed by atoms with van der Waals surface area (Å²) in [6.07, 6.45) is 7.62. The number of allylic oxidation sites excluding steroid dienone is 4. The van der Waals surface area contributed by atoms with E-state index in [0.29, 0.717) is 12.8 Å². The molecule has 0 saturated heterocycles. The van der Waals surface area contributed by atoms with E-state index in [1.54, 1.807) is 6.08 Å². The fraction of sp³-hybridized carbons (Fsp3) is 0.667. The summed E-state index contributed by atoms with van der Waals surface area (Å²) < 4.78 is 21.0. The van der Waals surface area contributed by atoms with Crippen molar-refractivity contribution >= 4 is 5.78 Å². The van der Waals surface area contributed by atoms with Gasteiger partial charge in [0, 0.05) is 16.5 Å². The molecule has 2 heteroatoms. The number of carbonyl (C=O) groups excluding carboxylic acids is 1. The predicted octanol–water partition coefficient (Wildman–Crippen LogP) is 3.12. The highest BCUT2D eigenvalue weighted by Gasteiger charge is 2.38. The Bertz CT molecular complexity index is 385. The van der Waals surface area contributed by atoms with Gasteiger partial charge in [0.15, 0.2) is 0 Å². The lowest BCUT2D eigenvalue weighted by Gasteiger charge is -2.25. The van der Waals surface area contributed by atoms with E-state index in [9.17, 15) is 9.90 Å². The van der Waals surface area contributed by atoms with Gasteiger partial charge in [-0.2, -0.15) is 0 Å². The van der Waals surface area contributed by atoms with Crippen LogP contribution < -0.4 is 0 Å². The summed E-state index contributed by atoms with van der Waals surface area (Å²) in [6.45, 7) is 1.88. The molecule has 1 N–H and O–H groups in total. The summed E-state index contributed by atoms with van der Waals surface area (Å²) in [5.74, 6) is 0.167. The molecule has 1 aliphatic carbocycles. The van der Waals surface area contributed by atoms with Crippen LogP contribution in [0.3, 0.4) is 0 Å². The van der Waals surface area contributed by atoms with Crippen LogP contribution in [0.25, 0.3) is 0 Å². The Balaban J connectivity index is 2.46. The van der Waals surface area contributed by atoms with Gasteiger partial charge >= 0.3 is 0 Å². The number of hydrogen-bond acceptors (Lipinski definition) is 2. The molecular formula is C15H24O2. The second-order valence-electron chi connectivity index (χ2n) is 5.00. The second-order valence-corrected chi connectivity index (χ2v) is 5.00. The Morgan fingerprint density at radius 3 is 2.94 bits per heavy atom. The molecule has 0 heterocycles. The van der Waals surface area contributed by atoms with E-state index >= 15 is 0 Å².